The number of carbonyl (C=O) groups is 1. The van der Waals surface area contributed by atoms with Crippen LogP contribution in [0.4, 0.5) is 5.69 Å². The largest absolute Gasteiger partial charge is 0.492 e. The Morgan fingerprint density at radius 1 is 1.17 bits per heavy atom. The summed E-state index contributed by atoms with van der Waals surface area (Å²) in [4.78, 5) is 14.9. The number of nitrogens with one attached hydrogen (secondary N) is 1. The molecule has 0 bridgehead atoms. The molecule has 7 nitrogen and oxygen atoms in total. The van der Waals surface area contributed by atoms with E-state index in [-0.39, 0.29) is 5.91 Å². The number of hydrogen-bond donors (Lipinski definition) is 1. The van der Waals surface area contributed by atoms with Gasteiger partial charge in [0.05, 0.1) is 18.8 Å². The number of anilines is 1. The molecule has 0 saturated carbocycles. The standard InChI is InChI=1S/C22H31N5O2/c1-2-29-19-11-6-5-10-18(19)23-21(28)16-26-13-8-9-17(15-26)22-25-24-20-12-4-3-7-14-27(20)22/h5-6,10-11,17H,2-4,7-9,12-16H2,1H3,(H,23,28). The summed E-state index contributed by atoms with van der Waals surface area (Å²) in [6.45, 7) is 5.73. The molecule has 1 aromatic heterocycles. The minimum Gasteiger partial charge on any atom is -0.492 e. The minimum absolute atomic E-state index is 0.00197. The van der Waals surface area contributed by atoms with Gasteiger partial charge in [-0.25, -0.2) is 0 Å². The second kappa shape index (κ2) is 9.39. The van der Waals surface area contributed by atoms with Crippen molar-refractivity contribution in [2.24, 2.45) is 0 Å². The van der Waals surface area contributed by atoms with Crippen molar-refractivity contribution in [1.29, 1.82) is 0 Å². The van der Waals surface area contributed by atoms with Gasteiger partial charge in [-0.2, -0.15) is 0 Å². The van der Waals surface area contributed by atoms with Crippen molar-refractivity contribution in [2.75, 3.05) is 31.6 Å². The predicted octanol–water partition coefficient (Wildman–Crippen LogP) is 3.22. The Labute approximate surface area is 172 Å². The van der Waals surface area contributed by atoms with Crippen LogP contribution in [0.25, 0.3) is 0 Å². The smallest absolute Gasteiger partial charge is 0.238 e. The number of nitrogens with zero attached hydrogens (tertiary/aromatic N) is 4. The fourth-order valence-corrected chi connectivity index (χ4v) is 4.46. The van der Waals surface area contributed by atoms with Crippen LogP contribution in [0.1, 0.15) is 56.6 Å². The number of para-hydroxylation sites is 2. The van der Waals surface area contributed by atoms with Crippen LogP contribution in [0.2, 0.25) is 0 Å². The van der Waals surface area contributed by atoms with Gasteiger partial charge in [0.1, 0.15) is 17.4 Å². The first-order chi connectivity index (χ1) is 14.2. The molecular formula is C22H31N5O2. The van der Waals surface area contributed by atoms with Crippen molar-refractivity contribution in [3.63, 3.8) is 0 Å². The SMILES string of the molecule is CCOc1ccccc1NC(=O)CN1CCCC(c2nnc3n2CCCCC3)C1. The van der Waals surface area contributed by atoms with Crippen molar-refractivity contribution < 1.29 is 9.53 Å². The van der Waals surface area contributed by atoms with Crippen molar-refractivity contribution in [2.45, 2.75) is 57.9 Å². The number of amides is 1. The monoisotopic (exact) mass is 397 g/mol. The quantitative estimate of drug-likeness (QED) is 0.810. The molecule has 7 heteroatoms. The molecule has 3 heterocycles. The van der Waals surface area contributed by atoms with Crippen LogP contribution in [0.15, 0.2) is 24.3 Å². The van der Waals surface area contributed by atoms with Crippen molar-refractivity contribution in [3.8, 4) is 5.75 Å². The summed E-state index contributed by atoms with van der Waals surface area (Å²) < 4.78 is 7.96. The van der Waals surface area contributed by atoms with Crippen LogP contribution in [0.3, 0.4) is 0 Å². The summed E-state index contributed by atoms with van der Waals surface area (Å²) in [5.41, 5.74) is 0.732. The number of likely N-dealkylation sites (tertiary alicyclic amines) is 1. The molecule has 2 aromatic rings. The molecular weight excluding hydrogens is 366 g/mol. The van der Waals surface area contributed by atoms with Crippen molar-refractivity contribution >= 4 is 11.6 Å². The van der Waals surface area contributed by atoms with Gasteiger partial charge in [-0.1, -0.05) is 18.6 Å². The molecule has 4 rings (SSSR count). The van der Waals surface area contributed by atoms with Crippen LogP contribution in [-0.2, 0) is 17.8 Å². The number of carbonyl (C=O) groups excluding carboxylic acids is 1. The lowest BCUT2D eigenvalue weighted by Gasteiger charge is -2.32. The molecule has 1 N–H and O–H groups in total. The van der Waals surface area contributed by atoms with E-state index in [1.165, 1.54) is 19.3 Å². The van der Waals surface area contributed by atoms with E-state index in [0.29, 0.717) is 24.8 Å². The van der Waals surface area contributed by atoms with Gasteiger partial charge in [-0.15, -0.1) is 10.2 Å². The highest BCUT2D eigenvalue weighted by molar-refractivity contribution is 5.93. The molecule has 1 unspecified atom stereocenters. The maximum Gasteiger partial charge on any atom is 0.238 e. The van der Waals surface area contributed by atoms with E-state index in [9.17, 15) is 4.79 Å². The lowest BCUT2D eigenvalue weighted by molar-refractivity contribution is -0.117. The Morgan fingerprint density at radius 3 is 2.97 bits per heavy atom. The van der Waals surface area contributed by atoms with Crippen LogP contribution < -0.4 is 10.1 Å². The van der Waals surface area contributed by atoms with Gasteiger partial charge in [0.25, 0.3) is 0 Å². The molecule has 1 saturated heterocycles. The number of ether oxygens (including phenoxy) is 1. The zero-order chi connectivity index (χ0) is 20.1. The molecule has 0 radical (unpaired) electrons. The summed E-state index contributed by atoms with van der Waals surface area (Å²) >= 11 is 0. The minimum atomic E-state index is -0.00197. The average molecular weight is 398 g/mol. The molecule has 2 aliphatic heterocycles. The summed E-state index contributed by atoms with van der Waals surface area (Å²) in [6, 6.07) is 7.59. The second-order valence-corrected chi connectivity index (χ2v) is 7.99. The number of hydrogen-bond acceptors (Lipinski definition) is 5. The number of aryl methyl sites for hydroxylation is 1. The summed E-state index contributed by atoms with van der Waals surface area (Å²) in [5, 5.41) is 12.0. The summed E-state index contributed by atoms with van der Waals surface area (Å²) in [7, 11) is 0. The number of benzene rings is 1. The Morgan fingerprint density at radius 2 is 2.07 bits per heavy atom. The lowest BCUT2D eigenvalue weighted by atomic mass is 9.97. The summed E-state index contributed by atoms with van der Waals surface area (Å²) in [6.07, 6.45) is 6.90. The molecule has 0 spiro atoms. The van der Waals surface area contributed by atoms with Gasteiger partial charge in [0.15, 0.2) is 0 Å². The van der Waals surface area contributed by atoms with Gasteiger partial charge < -0.3 is 14.6 Å². The highest BCUT2D eigenvalue weighted by Gasteiger charge is 2.28. The number of fused-ring (bicyclic) bond motifs is 1. The number of aromatic nitrogens is 3. The molecule has 1 amide bonds. The highest BCUT2D eigenvalue weighted by Crippen LogP contribution is 2.28. The molecule has 29 heavy (non-hydrogen) atoms. The number of piperidine rings is 1. The van der Waals surface area contributed by atoms with Gasteiger partial charge in [0, 0.05) is 25.4 Å². The first-order valence-corrected chi connectivity index (χ1v) is 10.9. The lowest BCUT2D eigenvalue weighted by Crippen LogP contribution is -2.40. The van der Waals surface area contributed by atoms with E-state index in [4.69, 9.17) is 4.74 Å². The summed E-state index contributed by atoms with van der Waals surface area (Å²) in [5.74, 6) is 3.32. The Balaban J connectivity index is 1.38. The molecule has 0 aliphatic carbocycles. The Kier molecular flexibility index (Phi) is 6.44. The van der Waals surface area contributed by atoms with Crippen LogP contribution in [0.5, 0.6) is 5.75 Å². The van der Waals surface area contributed by atoms with Crippen LogP contribution in [-0.4, -0.2) is 51.8 Å². The van der Waals surface area contributed by atoms with E-state index < -0.39 is 0 Å². The van der Waals surface area contributed by atoms with E-state index in [1.807, 2.05) is 31.2 Å². The molecule has 1 aromatic carbocycles. The molecule has 1 atom stereocenters. The first kappa shape index (κ1) is 19.9. The zero-order valence-electron chi connectivity index (χ0n) is 17.3. The third-order valence-electron chi connectivity index (χ3n) is 5.84. The van der Waals surface area contributed by atoms with E-state index >= 15 is 0 Å². The average Bonchev–Trinajstić information content (AvgIpc) is 2.98. The maximum atomic E-state index is 12.7. The molecule has 2 aliphatic rings. The van der Waals surface area contributed by atoms with E-state index in [0.717, 1.165) is 56.2 Å². The second-order valence-electron chi connectivity index (χ2n) is 7.99. The van der Waals surface area contributed by atoms with Gasteiger partial charge >= 0.3 is 0 Å². The Hall–Kier alpha value is -2.41. The predicted molar refractivity (Wildman–Crippen MR) is 112 cm³/mol. The van der Waals surface area contributed by atoms with Gasteiger partial charge in [0.2, 0.25) is 5.91 Å². The zero-order valence-corrected chi connectivity index (χ0v) is 17.3. The van der Waals surface area contributed by atoms with E-state index in [1.54, 1.807) is 0 Å². The maximum absolute atomic E-state index is 12.7. The Bertz CT molecular complexity index is 834. The third-order valence-corrected chi connectivity index (χ3v) is 5.84. The van der Waals surface area contributed by atoms with Gasteiger partial charge in [-0.05, 0) is 51.3 Å². The molecule has 1 fully saturated rings. The first-order valence-electron chi connectivity index (χ1n) is 10.9. The van der Waals surface area contributed by atoms with Crippen LogP contribution in [0, 0.1) is 0 Å². The van der Waals surface area contributed by atoms with Crippen molar-refractivity contribution in [1.82, 2.24) is 19.7 Å². The third kappa shape index (κ3) is 4.78. The topological polar surface area (TPSA) is 72.3 Å². The normalized spacial score (nSPS) is 20.0. The number of rotatable bonds is 6. The fraction of sp³-hybridized carbons (Fsp3) is 0.591. The van der Waals surface area contributed by atoms with Crippen LogP contribution >= 0.6 is 0 Å². The van der Waals surface area contributed by atoms with Crippen molar-refractivity contribution in [3.05, 3.63) is 35.9 Å². The molecule has 156 valence electrons. The van der Waals surface area contributed by atoms with Gasteiger partial charge in [-0.3, -0.25) is 9.69 Å². The highest BCUT2D eigenvalue weighted by atomic mass is 16.5. The van der Waals surface area contributed by atoms with E-state index in [2.05, 4.69) is 25.0 Å². The fourth-order valence-electron chi connectivity index (χ4n) is 4.46.